The molecule has 78 valence electrons. The number of nitrogen functional groups attached to an aromatic ring is 1. The Kier molecular flexibility index (Phi) is 2.58. The average molecular weight is 203 g/mol. The molecule has 0 saturated heterocycles. The fraction of sp³-hybridized carbons (Fsp3) is 0.182. The maximum Gasteiger partial charge on any atom is 0.124 e. The first kappa shape index (κ1) is 9.58. The van der Waals surface area contributed by atoms with Crippen molar-refractivity contribution in [3.8, 4) is 5.75 Å². The van der Waals surface area contributed by atoms with Crippen LogP contribution < -0.4 is 10.5 Å². The molecule has 1 aromatic carbocycles. The van der Waals surface area contributed by atoms with Gasteiger partial charge in [-0.15, -0.1) is 0 Å². The number of anilines is 1. The van der Waals surface area contributed by atoms with E-state index in [1.54, 1.807) is 13.3 Å². The van der Waals surface area contributed by atoms with Crippen molar-refractivity contribution < 1.29 is 4.74 Å². The van der Waals surface area contributed by atoms with E-state index in [-0.39, 0.29) is 0 Å². The minimum atomic E-state index is 0.668. The van der Waals surface area contributed by atoms with Crippen LogP contribution in [-0.4, -0.2) is 16.9 Å². The summed E-state index contributed by atoms with van der Waals surface area (Å²) in [6.45, 7) is 0.668. The second-order valence-electron chi connectivity index (χ2n) is 3.27. The molecule has 2 aromatic rings. The Hall–Kier alpha value is -1.97. The summed E-state index contributed by atoms with van der Waals surface area (Å²) in [7, 11) is 1.65. The normalized spacial score (nSPS) is 10.2. The molecule has 2 rings (SSSR count). The van der Waals surface area contributed by atoms with E-state index in [4.69, 9.17) is 10.5 Å². The molecule has 1 aromatic heterocycles. The molecule has 0 saturated carbocycles. The molecule has 0 unspecified atom stereocenters. The van der Waals surface area contributed by atoms with Crippen molar-refractivity contribution >= 4 is 5.69 Å². The van der Waals surface area contributed by atoms with Crippen LogP contribution in [0, 0.1) is 0 Å². The van der Waals surface area contributed by atoms with Crippen molar-refractivity contribution in [2.45, 2.75) is 6.54 Å². The maximum atomic E-state index is 5.73. The van der Waals surface area contributed by atoms with Gasteiger partial charge in [-0.25, -0.2) is 0 Å². The van der Waals surface area contributed by atoms with Gasteiger partial charge in [-0.2, -0.15) is 5.10 Å². The van der Waals surface area contributed by atoms with Gasteiger partial charge in [0, 0.05) is 23.6 Å². The van der Waals surface area contributed by atoms with Gasteiger partial charge in [0.15, 0.2) is 0 Å². The smallest absolute Gasteiger partial charge is 0.124 e. The second-order valence-corrected chi connectivity index (χ2v) is 3.27. The number of ether oxygens (including phenoxy) is 1. The third-order valence-corrected chi connectivity index (χ3v) is 2.20. The predicted molar refractivity (Wildman–Crippen MR) is 58.7 cm³/mol. The quantitative estimate of drug-likeness (QED) is 0.769. The first-order valence-corrected chi connectivity index (χ1v) is 4.69. The number of aromatic nitrogens is 2. The summed E-state index contributed by atoms with van der Waals surface area (Å²) in [5.74, 6) is 0.833. The highest BCUT2D eigenvalue weighted by atomic mass is 16.5. The van der Waals surface area contributed by atoms with E-state index in [9.17, 15) is 0 Å². The van der Waals surface area contributed by atoms with Gasteiger partial charge in [0.1, 0.15) is 5.75 Å². The van der Waals surface area contributed by atoms with Crippen LogP contribution in [0.25, 0.3) is 0 Å². The Morgan fingerprint density at radius 2 is 2.33 bits per heavy atom. The Labute approximate surface area is 88.3 Å². The van der Waals surface area contributed by atoms with Crippen molar-refractivity contribution in [1.29, 1.82) is 0 Å². The molecule has 0 amide bonds. The van der Waals surface area contributed by atoms with Gasteiger partial charge >= 0.3 is 0 Å². The second kappa shape index (κ2) is 4.04. The van der Waals surface area contributed by atoms with Crippen LogP contribution in [0.5, 0.6) is 5.75 Å². The molecule has 0 aliphatic rings. The fourth-order valence-corrected chi connectivity index (χ4v) is 1.49. The standard InChI is InChI=1S/C11H13N3O/c1-15-11-4-3-10(12)7-9(11)8-14-6-2-5-13-14/h2-7H,8,12H2,1H3. The summed E-state index contributed by atoms with van der Waals surface area (Å²) in [6, 6.07) is 7.48. The highest BCUT2D eigenvalue weighted by molar-refractivity contribution is 5.47. The van der Waals surface area contributed by atoms with Crippen LogP contribution in [0.15, 0.2) is 36.7 Å². The van der Waals surface area contributed by atoms with Gasteiger partial charge in [0.2, 0.25) is 0 Å². The topological polar surface area (TPSA) is 53.1 Å². The predicted octanol–water partition coefficient (Wildman–Crippen LogP) is 1.52. The van der Waals surface area contributed by atoms with Gasteiger partial charge in [-0.3, -0.25) is 4.68 Å². The molecule has 0 atom stereocenters. The summed E-state index contributed by atoms with van der Waals surface area (Å²) >= 11 is 0. The van der Waals surface area contributed by atoms with E-state index in [0.29, 0.717) is 6.54 Å². The molecule has 0 aliphatic carbocycles. The number of benzene rings is 1. The van der Waals surface area contributed by atoms with Crippen molar-refractivity contribution in [3.05, 3.63) is 42.2 Å². The van der Waals surface area contributed by atoms with E-state index >= 15 is 0 Å². The number of rotatable bonds is 3. The fourth-order valence-electron chi connectivity index (χ4n) is 1.49. The first-order chi connectivity index (χ1) is 7.29. The van der Waals surface area contributed by atoms with Gasteiger partial charge in [-0.1, -0.05) is 0 Å². The molecule has 0 spiro atoms. The van der Waals surface area contributed by atoms with E-state index in [2.05, 4.69) is 5.10 Å². The highest BCUT2D eigenvalue weighted by Gasteiger charge is 2.04. The molecule has 0 bridgehead atoms. The lowest BCUT2D eigenvalue weighted by Gasteiger charge is -2.09. The van der Waals surface area contributed by atoms with Crippen molar-refractivity contribution in [1.82, 2.24) is 9.78 Å². The number of methoxy groups -OCH3 is 1. The van der Waals surface area contributed by atoms with Gasteiger partial charge < -0.3 is 10.5 Å². The molecule has 0 radical (unpaired) electrons. The molecule has 1 heterocycles. The van der Waals surface area contributed by atoms with E-state index in [1.807, 2.05) is 35.1 Å². The zero-order valence-corrected chi connectivity index (χ0v) is 8.55. The first-order valence-electron chi connectivity index (χ1n) is 4.69. The lowest BCUT2D eigenvalue weighted by atomic mass is 10.2. The van der Waals surface area contributed by atoms with Crippen LogP contribution in [0.4, 0.5) is 5.69 Å². The summed E-state index contributed by atoms with van der Waals surface area (Å²) in [5.41, 5.74) is 7.49. The maximum absolute atomic E-state index is 5.73. The average Bonchev–Trinajstić information content (AvgIpc) is 2.71. The van der Waals surface area contributed by atoms with E-state index < -0.39 is 0 Å². The monoisotopic (exact) mass is 203 g/mol. The molecular weight excluding hydrogens is 190 g/mol. The van der Waals surface area contributed by atoms with Gasteiger partial charge in [-0.05, 0) is 24.3 Å². The van der Waals surface area contributed by atoms with Crippen LogP contribution in [-0.2, 0) is 6.54 Å². The third-order valence-electron chi connectivity index (χ3n) is 2.20. The third kappa shape index (κ3) is 2.10. The molecule has 4 heteroatoms. The van der Waals surface area contributed by atoms with E-state index in [0.717, 1.165) is 17.0 Å². The molecule has 4 nitrogen and oxygen atoms in total. The van der Waals surface area contributed by atoms with Crippen molar-refractivity contribution in [2.24, 2.45) is 0 Å². The van der Waals surface area contributed by atoms with Crippen LogP contribution >= 0.6 is 0 Å². The lowest BCUT2D eigenvalue weighted by molar-refractivity contribution is 0.407. The summed E-state index contributed by atoms with van der Waals surface area (Å²) in [5, 5.41) is 4.14. The summed E-state index contributed by atoms with van der Waals surface area (Å²) in [4.78, 5) is 0. The van der Waals surface area contributed by atoms with Gasteiger partial charge in [0.25, 0.3) is 0 Å². The zero-order chi connectivity index (χ0) is 10.7. The lowest BCUT2D eigenvalue weighted by Crippen LogP contribution is -2.02. The minimum Gasteiger partial charge on any atom is -0.496 e. The molecule has 2 N–H and O–H groups in total. The van der Waals surface area contributed by atoms with Crippen LogP contribution in [0.1, 0.15) is 5.56 Å². The summed E-state index contributed by atoms with van der Waals surface area (Å²) in [6.07, 6.45) is 3.65. The number of nitrogens with two attached hydrogens (primary N) is 1. The highest BCUT2D eigenvalue weighted by Crippen LogP contribution is 2.21. The Bertz CT molecular complexity index is 437. The zero-order valence-electron chi connectivity index (χ0n) is 8.55. The summed E-state index contributed by atoms with van der Waals surface area (Å²) < 4.78 is 7.08. The van der Waals surface area contributed by atoms with E-state index in [1.165, 1.54) is 0 Å². The number of hydrogen-bond acceptors (Lipinski definition) is 3. The molecule has 0 fully saturated rings. The van der Waals surface area contributed by atoms with Crippen LogP contribution in [0.2, 0.25) is 0 Å². The number of hydrogen-bond donors (Lipinski definition) is 1. The Morgan fingerprint density at radius 1 is 1.47 bits per heavy atom. The van der Waals surface area contributed by atoms with Crippen molar-refractivity contribution in [2.75, 3.05) is 12.8 Å². The Balaban J connectivity index is 2.30. The minimum absolute atomic E-state index is 0.668. The van der Waals surface area contributed by atoms with Crippen LogP contribution in [0.3, 0.4) is 0 Å². The molecule has 15 heavy (non-hydrogen) atoms. The van der Waals surface area contributed by atoms with Crippen molar-refractivity contribution in [3.63, 3.8) is 0 Å². The largest absolute Gasteiger partial charge is 0.496 e. The SMILES string of the molecule is COc1ccc(N)cc1Cn1cccn1. The molecule has 0 aliphatic heterocycles. The molecular formula is C11H13N3O. The van der Waals surface area contributed by atoms with Gasteiger partial charge in [0.05, 0.1) is 13.7 Å². The number of nitrogens with zero attached hydrogens (tertiary/aromatic N) is 2. The Morgan fingerprint density at radius 3 is 3.00 bits per heavy atom.